The minimum absolute atomic E-state index is 0.00120. The van der Waals surface area contributed by atoms with Crippen molar-refractivity contribution in [1.29, 1.82) is 0 Å². The number of allylic oxidation sites excluding steroid dienone is 1. The standard InChI is InChI=1S/C25H36O5/c1-15(26)25(30-17(3)28)13-10-22-20-7-6-18-14-19(29-16(2)27)8-11-23(18,4)21(20)9-12-24(22,25)5/h6,19-22H,7-14H2,1-5H3/t19?,20?,21?,22?,23?,24?,25-/m0/s1. The van der Waals surface area contributed by atoms with E-state index >= 15 is 0 Å². The Morgan fingerprint density at radius 3 is 2.27 bits per heavy atom. The van der Waals surface area contributed by atoms with E-state index in [2.05, 4.69) is 19.9 Å². The first-order valence-electron chi connectivity index (χ1n) is 11.6. The molecule has 5 nitrogen and oxygen atoms in total. The van der Waals surface area contributed by atoms with Crippen LogP contribution >= 0.6 is 0 Å². The highest BCUT2D eigenvalue weighted by Crippen LogP contribution is 2.68. The number of hydrogen-bond acceptors (Lipinski definition) is 5. The lowest BCUT2D eigenvalue weighted by Gasteiger charge is -2.59. The highest BCUT2D eigenvalue weighted by molar-refractivity contribution is 5.89. The summed E-state index contributed by atoms with van der Waals surface area (Å²) in [6.45, 7) is 9.11. The zero-order valence-electron chi connectivity index (χ0n) is 19.1. The molecule has 3 saturated carbocycles. The molecule has 5 heteroatoms. The van der Waals surface area contributed by atoms with Crippen LogP contribution in [0.3, 0.4) is 0 Å². The van der Waals surface area contributed by atoms with Crippen LogP contribution in [0.25, 0.3) is 0 Å². The van der Waals surface area contributed by atoms with Gasteiger partial charge >= 0.3 is 11.9 Å². The number of ether oxygens (including phenoxy) is 2. The quantitative estimate of drug-likeness (QED) is 0.489. The van der Waals surface area contributed by atoms with Crippen molar-refractivity contribution in [1.82, 2.24) is 0 Å². The fraction of sp³-hybridized carbons (Fsp3) is 0.800. The van der Waals surface area contributed by atoms with Crippen LogP contribution in [0.15, 0.2) is 11.6 Å². The van der Waals surface area contributed by atoms with E-state index in [0.717, 1.165) is 44.9 Å². The maximum Gasteiger partial charge on any atom is 0.303 e. The normalized spacial score (nSPS) is 44.8. The molecule has 6 unspecified atom stereocenters. The van der Waals surface area contributed by atoms with Gasteiger partial charge in [-0.1, -0.05) is 25.5 Å². The lowest BCUT2D eigenvalue weighted by Crippen LogP contribution is -2.58. The predicted molar refractivity (Wildman–Crippen MR) is 112 cm³/mol. The molecule has 7 atom stereocenters. The van der Waals surface area contributed by atoms with Crippen LogP contribution in [0.1, 0.15) is 86.0 Å². The van der Waals surface area contributed by atoms with E-state index in [1.54, 1.807) is 6.92 Å². The molecule has 4 rings (SSSR count). The zero-order valence-corrected chi connectivity index (χ0v) is 19.1. The summed E-state index contributed by atoms with van der Waals surface area (Å²) < 4.78 is 11.4. The second kappa shape index (κ2) is 7.20. The topological polar surface area (TPSA) is 69.7 Å². The third-order valence-corrected chi connectivity index (χ3v) is 9.40. The third-order valence-electron chi connectivity index (χ3n) is 9.40. The van der Waals surface area contributed by atoms with Crippen LogP contribution in [-0.4, -0.2) is 29.4 Å². The molecule has 0 N–H and O–H groups in total. The minimum atomic E-state index is -0.966. The Balaban J connectivity index is 1.63. The lowest BCUT2D eigenvalue weighted by atomic mass is 9.46. The summed E-state index contributed by atoms with van der Waals surface area (Å²) in [5, 5.41) is 0. The Morgan fingerprint density at radius 1 is 0.933 bits per heavy atom. The molecule has 0 heterocycles. The Hall–Kier alpha value is -1.65. The summed E-state index contributed by atoms with van der Waals surface area (Å²) in [6.07, 6.45) is 9.81. The van der Waals surface area contributed by atoms with Gasteiger partial charge in [-0.15, -0.1) is 0 Å². The van der Waals surface area contributed by atoms with Crippen molar-refractivity contribution in [2.45, 2.75) is 97.7 Å². The van der Waals surface area contributed by atoms with Gasteiger partial charge in [0.1, 0.15) is 6.10 Å². The van der Waals surface area contributed by atoms with E-state index in [-0.39, 0.29) is 34.7 Å². The Kier molecular flexibility index (Phi) is 5.18. The van der Waals surface area contributed by atoms with Crippen LogP contribution in [0.2, 0.25) is 0 Å². The SMILES string of the molecule is CC(=O)OC1CCC2(C)C(=CCC3C2CCC2(C)C3CC[C@]2(OC(C)=O)C(C)=O)C1. The van der Waals surface area contributed by atoms with Gasteiger partial charge in [0.25, 0.3) is 0 Å². The number of fused-ring (bicyclic) bond motifs is 5. The van der Waals surface area contributed by atoms with Gasteiger partial charge in [0, 0.05) is 25.7 Å². The van der Waals surface area contributed by atoms with Crippen LogP contribution < -0.4 is 0 Å². The van der Waals surface area contributed by atoms with Crippen LogP contribution in [-0.2, 0) is 23.9 Å². The molecule has 0 aromatic heterocycles. The van der Waals surface area contributed by atoms with Crippen LogP contribution in [0.5, 0.6) is 0 Å². The minimum Gasteiger partial charge on any atom is -0.462 e. The average Bonchev–Trinajstić information content (AvgIpc) is 2.94. The number of carbonyl (C=O) groups excluding carboxylic acids is 3. The maximum atomic E-state index is 12.8. The molecule has 0 saturated heterocycles. The Labute approximate surface area is 179 Å². The number of hydrogen-bond donors (Lipinski definition) is 0. The molecule has 0 aromatic carbocycles. The summed E-state index contributed by atoms with van der Waals surface area (Å²) in [5.41, 5.74) is 0.346. The van der Waals surface area contributed by atoms with Crippen molar-refractivity contribution in [3.63, 3.8) is 0 Å². The van der Waals surface area contributed by atoms with Gasteiger partial charge in [-0.25, -0.2) is 0 Å². The van der Waals surface area contributed by atoms with E-state index in [9.17, 15) is 14.4 Å². The molecule has 3 fully saturated rings. The second-order valence-electron chi connectivity index (χ2n) is 10.7. The molecule has 4 aliphatic carbocycles. The van der Waals surface area contributed by atoms with Gasteiger partial charge in [0.05, 0.1) is 0 Å². The Bertz CT molecular complexity index is 799. The summed E-state index contributed by atoms with van der Waals surface area (Å²) in [5.74, 6) is 0.939. The van der Waals surface area contributed by atoms with Crippen molar-refractivity contribution in [3.05, 3.63) is 11.6 Å². The first-order valence-corrected chi connectivity index (χ1v) is 11.6. The number of esters is 2. The molecule has 30 heavy (non-hydrogen) atoms. The Morgan fingerprint density at radius 2 is 1.63 bits per heavy atom. The fourth-order valence-electron chi connectivity index (χ4n) is 8.02. The van der Waals surface area contributed by atoms with Gasteiger partial charge in [-0.3, -0.25) is 14.4 Å². The zero-order chi connectivity index (χ0) is 21.9. The summed E-state index contributed by atoms with van der Waals surface area (Å²) in [6, 6.07) is 0. The maximum absolute atomic E-state index is 12.8. The van der Waals surface area contributed by atoms with Crippen molar-refractivity contribution in [2.24, 2.45) is 28.6 Å². The molecule has 0 bridgehead atoms. The number of rotatable bonds is 3. The van der Waals surface area contributed by atoms with Crippen molar-refractivity contribution in [2.75, 3.05) is 0 Å². The summed E-state index contributed by atoms with van der Waals surface area (Å²) in [7, 11) is 0. The molecular weight excluding hydrogens is 380 g/mol. The number of ketones is 1. The monoisotopic (exact) mass is 416 g/mol. The average molecular weight is 417 g/mol. The summed E-state index contributed by atoms with van der Waals surface area (Å²) in [4.78, 5) is 36.2. The van der Waals surface area contributed by atoms with Crippen LogP contribution in [0, 0.1) is 28.6 Å². The highest BCUT2D eigenvalue weighted by Gasteiger charge is 2.67. The van der Waals surface area contributed by atoms with E-state index in [1.807, 2.05) is 0 Å². The van der Waals surface area contributed by atoms with E-state index < -0.39 is 5.60 Å². The van der Waals surface area contributed by atoms with Crippen molar-refractivity contribution in [3.8, 4) is 0 Å². The predicted octanol–water partition coefficient (Wildman–Crippen LogP) is 4.77. The van der Waals surface area contributed by atoms with Crippen LogP contribution in [0.4, 0.5) is 0 Å². The third kappa shape index (κ3) is 2.98. The molecular formula is C25H36O5. The molecule has 4 aliphatic rings. The van der Waals surface area contributed by atoms with Crippen molar-refractivity contribution >= 4 is 17.7 Å². The largest absolute Gasteiger partial charge is 0.462 e. The molecule has 0 aromatic rings. The van der Waals surface area contributed by atoms with Gasteiger partial charge in [-0.2, -0.15) is 0 Å². The fourth-order valence-corrected chi connectivity index (χ4v) is 8.02. The second-order valence-corrected chi connectivity index (χ2v) is 10.7. The van der Waals surface area contributed by atoms with E-state index in [0.29, 0.717) is 24.2 Å². The van der Waals surface area contributed by atoms with E-state index in [1.165, 1.54) is 19.4 Å². The molecule has 0 aliphatic heterocycles. The summed E-state index contributed by atoms with van der Waals surface area (Å²) >= 11 is 0. The van der Waals surface area contributed by atoms with Gasteiger partial charge in [0.15, 0.2) is 11.4 Å². The van der Waals surface area contributed by atoms with E-state index in [4.69, 9.17) is 9.47 Å². The van der Waals surface area contributed by atoms with Gasteiger partial charge in [0.2, 0.25) is 0 Å². The first-order chi connectivity index (χ1) is 14.0. The molecule has 0 amide bonds. The molecule has 0 radical (unpaired) electrons. The van der Waals surface area contributed by atoms with Gasteiger partial charge in [-0.05, 0) is 75.0 Å². The smallest absolute Gasteiger partial charge is 0.303 e. The lowest BCUT2D eigenvalue weighted by molar-refractivity contribution is -0.186. The number of carbonyl (C=O) groups is 3. The number of Topliss-reactive ketones (excluding diaryl/α,β-unsaturated/α-hetero) is 1. The highest BCUT2D eigenvalue weighted by atomic mass is 16.6. The molecule has 166 valence electrons. The van der Waals surface area contributed by atoms with Gasteiger partial charge < -0.3 is 9.47 Å². The first kappa shape index (κ1) is 21.6. The molecule has 0 spiro atoms. The van der Waals surface area contributed by atoms with Crippen molar-refractivity contribution < 1.29 is 23.9 Å².